The highest BCUT2D eigenvalue weighted by molar-refractivity contribution is 6.30. The molecule has 0 unspecified atom stereocenters. The summed E-state index contributed by atoms with van der Waals surface area (Å²) in [4.78, 5) is 28.2. The summed E-state index contributed by atoms with van der Waals surface area (Å²) in [6.07, 6.45) is 0. The van der Waals surface area contributed by atoms with Crippen molar-refractivity contribution in [2.75, 3.05) is 34.8 Å². The van der Waals surface area contributed by atoms with Crippen LogP contribution in [-0.4, -0.2) is 31.4 Å². The maximum absolute atomic E-state index is 12.5. The summed E-state index contributed by atoms with van der Waals surface area (Å²) in [5, 5.41) is 3.45. The van der Waals surface area contributed by atoms with E-state index in [2.05, 4.69) is 24.1 Å². The third kappa shape index (κ3) is 5.47. The first-order valence-corrected chi connectivity index (χ1v) is 9.42. The lowest BCUT2D eigenvalue weighted by molar-refractivity contribution is -0.120. The monoisotopic (exact) mass is 387 g/mol. The van der Waals surface area contributed by atoms with Crippen molar-refractivity contribution in [3.05, 3.63) is 53.1 Å². The zero-order valence-corrected chi connectivity index (χ0v) is 17.0. The normalized spacial score (nSPS) is 10.4. The number of carbonyl (C=O) groups excluding carboxylic acids is 2. The molecule has 2 aromatic rings. The van der Waals surface area contributed by atoms with Gasteiger partial charge in [-0.1, -0.05) is 11.6 Å². The SMILES string of the molecule is CCN(CC)c1ccc(NC(=O)CN(C(C)=O)c2ccc(Cl)cc2C)cc1. The van der Waals surface area contributed by atoms with Crippen LogP contribution in [0, 0.1) is 6.92 Å². The Morgan fingerprint density at radius 2 is 1.67 bits per heavy atom. The predicted molar refractivity (Wildman–Crippen MR) is 113 cm³/mol. The third-order valence-electron chi connectivity index (χ3n) is 4.41. The van der Waals surface area contributed by atoms with Crippen molar-refractivity contribution in [1.82, 2.24) is 0 Å². The van der Waals surface area contributed by atoms with Gasteiger partial charge in [-0.2, -0.15) is 0 Å². The average molecular weight is 388 g/mol. The minimum atomic E-state index is -0.255. The Hall–Kier alpha value is -2.53. The topological polar surface area (TPSA) is 52.7 Å². The standard InChI is InChI=1S/C21H26ClN3O2/c1-5-24(6-2)19-10-8-18(9-11-19)23-21(27)14-25(16(4)26)20-12-7-17(22)13-15(20)3/h7-13H,5-6,14H2,1-4H3,(H,23,27). The molecule has 0 atom stereocenters. The molecular formula is C21H26ClN3O2. The molecule has 0 spiro atoms. The molecule has 27 heavy (non-hydrogen) atoms. The van der Waals surface area contributed by atoms with E-state index in [4.69, 9.17) is 11.6 Å². The number of hydrogen-bond donors (Lipinski definition) is 1. The van der Waals surface area contributed by atoms with E-state index >= 15 is 0 Å². The fraction of sp³-hybridized carbons (Fsp3) is 0.333. The minimum Gasteiger partial charge on any atom is -0.372 e. The van der Waals surface area contributed by atoms with Crippen LogP contribution in [0.15, 0.2) is 42.5 Å². The summed E-state index contributed by atoms with van der Waals surface area (Å²) < 4.78 is 0. The van der Waals surface area contributed by atoms with Gasteiger partial charge in [0.25, 0.3) is 0 Å². The van der Waals surface area contributed by atoms with Gasteiger partial charge in [-0.25, -0.2) is 0 Å². The van der Waals surface area contributed by atoms with Crippen molar-refractivity contribution in [2.24, 2.45) is 0 Å². The number of nitrogens with zero attached hydrogens (tertiary/aromatic N) is 2. The Morgan fingerprint density at radius 3 is 2.19 bits per heavy atom. The molecule has 0 aliphatic carbocycles. The molecule has 0 saturated heterocycles. The third-order valence-corrected chi connectivity index (χ3v) is 4.65. The van der Waals surface area contributed by atoms with E-state index in [1.807, 2.05) is 31.2 Å². The van der Waals surface area contributed by atoms with Crippen LogP contribution in [0.1, 0.15) is 26.3 Å². The lowest BCUT2D eigenvalue weighted by Gasteiger charge is -2.23. The summed E-state index contributed by atoms with van der Waals surface area (Å²) in [7, 11) is 0. The van der Waals surface area contributed by atoms with Crippen molar-refractivity contribution < 1.29 is 9.59 Å². The first-order chi connectivity index (χ1) is 12.8. The summed E-state index contributed by atoms with van der Waals surface area (Å²) >= 11 is 5.98. The van der Waals surface area contributed by atoms with Crippen LogP contribution in [-0.2, 0) is 9.59 Å². The van der Waals surface area contributed by atoms with Crippen LogP contribution in [0.4, 0.5) is 17.1 Å². The Balaban J connectivity index is 2.09. The number of halogens is 1. The minimum absolute atomic E-state index is 0.0599. The van der Waals surface area contributed by atoms with E-state index < -0.39 is 0 Å². The summed E-state index contributed by atoms with van der Waals surface area (Å²) in [5.74, 6) is -0.456. The Morgan fingerprint density at radius 1 is 1.04 bits per heavy atom. The zero-order chi connectivity index (χ0) is 20.0. The Kier molecular flexibility index (Phi) is 7.25. The number of aryl methyl sites for hydroxylation is 1. The van der Waals surface area contributed by atoms with Crippen LogP contribution in [0.3, 0.4) is 0 Å². The van der Waals surface area contributed by atoms with Crippen LogP contribution in [0.2, 0.25) is 5.02 Å². The molecular weight excluding hydrogens is 362 g/mol. The van der Waals surface area contributed by atoms with E-state index in [0.717, 1.165) is 24.3 Å². The first-order valence-electron chi connectivity index (χ1n) is 9.04. The lowest BCUT2D eigenvalue weighted by atomic mass is 10.1. The van der Waals surface area contributed by atoms with Gasteiger partial charge in [-0.3, -0.25) is 9.59 Å². The maximum Gasteiger partial charge on any atom is 0.244 e. The first kappa shape index (κ1) is 20.8. The van der Waals surface area contributed by atoms with Crippen molar-refractivity contribution in [2.45, 2.75) is 27.7 Å². The van der Waals surface area contributed by atoms with Crippen LogP contribution in [0.5, 0.6) is 0 Å². The molecule has 1 N–H and O–H groups in total. The van der Waals surface area contributed by atoms with Gasteiger partial charge in [0, 0.05) is 42.1 Å². The average Bonchev–Trinajstić information content (AvgIpc) is 2.62. The lowest BCUT2D eigenvalue weighted by Crippen LogP contribution is -2.37. The highest BCUT2D eigenvalue weighted by Gasteiger charge is 2.18. The number of hydrogen-bond acceptors (Lipinski definition) is 3. The van der Waals surface area contributed by atoms with Crippen molar-refractivity contribution in [3.8, 4) is 0 Å². The fourth-order valence-electron chi connectivity index (χ4n) is 2.98. The molecule has 0 saturated carbocycles. The highest BCUT2D eigenvalue weighted by Crippen LogP contribution is 2.24. The number of amides is 2. The highest BCUT2D eigenvalue weighted by atomic mass is 35.5. The summed E-state index contributed by atoms with van der Waals surface area (Å²) in [5.41, 5.74) is 3.33. The van der Waals surface area contributed by atoms with Gasteiger partial charge in [0.2, 0.25) is 11.8 Å². The van der Waals surface area contributed by atoms with Crippen molar-refractivity contribution in [1.29, 1.82) is 0 Å². The smallest absolute Gasteiger partial charge is 0.244 e. The number of benzene rings is 2. The zero-order valence-electron chi connectivity index (χ0n) is 16.3. The van der Waals surface area contributed by atoms with Gasteiger partial charge in [-0.15, -0.1) is 0 Å². The van der Waals surface area contributed by atoms with E-state index in [1.54, 1.807) is 18.2 Å². The van der Waals surface area contributed by atoms with Gasteiger partial charge in [0.05, 0.1) is 0 Å². The van der Waals surface area contributed by atoms with E-state index in [1.165, 1.54) is 11.8 Å². The molecule has 2 aromatic carbocycles. The van der Waals surface area contributed by atoms with Crippen molar-refractivity contribution >= 4 is 40.5 Å². The summed E-state index contributed by atoms with van der Waals surface area (Å²) in [6.45, 7) is 9.31. The molecule has 0 heterocycles. The van der Waals surface area contributed by atoms with Gasteiger partial charge in [0.1, 0.15) is 6.54 Å². The summed E-state index contributed by atoms with van der Waals surface area (Å²) in [6, 6.07) is 12.9. The Bertz CT molecular complexity index is 802. The van der Waals surface area contributed by atoms with Crippen LogP contribution in [0.25, 0.3) is 0 Å². The molecule has 0 fully saturated rings. The number of rotatable bonds is 7. The molecule has 2 amide bonds. The van der Waals surface area contributed by atoms with Gasteiger partial charge >= 0.3 is 0 Å². The quantitative estimate of drug-likeness (QED) is 0.761. The molecule has 2 rings (SSSR count). The van der Waals surface area contributed by atoms with Gasteiger partial charge in [-0.05, 0) is 68.8 Å². The van der Waals surface area contributed by atoms with Crippen LogP contribution >= 0.6 is 11.6 Å². The van der Waals surface area contributed by atoms with Crippen molar-refractivity contribution in [3.63, 3.8) is 0 Å². The molecule has 0 aromatic heterocycles. The molecule has 0 bridgehead atoms. The molecule has 0 aliphatic heterocycles. The van der Waals surface area contributed by atoms with Gasteiger partial charge < -0.3 is 15.1 Å². The van der Waals surface area contributed by atoms with E-state index in [0.29, 0.717) is 16.4 Å². The second-order valence-corrected chi connectivity index (χ2v) is 6.74. The number of anilines is 3. The Labute approximate surface area is 165 Å². The molecule has 0 aliphatic rings. The second-order valence-electron chi connectivity index (χ2n) is 6.30. The molecule has 0 radical (unpaired) electrons. The number of carbonyl (C=O) groups is 2. The van der Waals surface area contributed by atoms with Crippen LogP contribution < -0.4 is 15.1 Å². The maximum atomic E-state index is 12.5. The van der Waals surface area contributed by atoms with Gasteiger partial charge in [0.15, 0.2) is 0 Å². The number of nitrogens with one attached hydrogen (secondary N) is 1. The molecule has 6 heteroatoms. The van der Waals surface area contributed by atoms with E-state index in [9.17, 15) is 9.59 Å². The fourth-order valence-corrected chi connectivity index (χ4v) is 3.20. The van der Waals surface area contributed by atoms with E-state index in [-0.39, 0.29) is 18.4 Å². The molecule has 5 nitrogen and oxygen atoms in total. The second kappa shape index (κ2) is 9.42. The largest absolute Gasteiger partial charge is 0.372 e. The predicted octanol–water partition coefficient (Wildman–Crippen LogP) is 4.49. The molecule has 144 valence electrons.